The van der Waals surface area contributed by atoms with Crippen LogP contribution in [0.4, 0.5) is 0 Å². The van der Waals surface area contributed by atoms with Crippen LogP contribution in [0, 0.1) is 5.92 Å². The van der Waals surface area contributed by atoms with Crippen LogP contribution in [0.3, 0.4) is 0 Å². The van der Waals surface area contributed by atoms with E-state index < -0.39 is 0 Å². The first-order chi connectivity index (χ1) is 8.54. The van der Waals surface area contributed by atoms with Crippen molar-refractivity contribution in [3.8, 4) is 0 Å². The van der Waals surface area contributed by atoms with Gasteiger partial charge in [-0.05, 0) is 18.4 Å². The van der Waals surface area contributed by atoms with Crippen LogP contribution in [-0.2, 0) is 9.53 Å². The molecule has 2 atom stereocenters. The summed E-state index contributed by atoms with van der Waals surface area (Å²) in [6.45, 7) is 6.33. The Labute approximate surface area is 110 Å². The van der Waals surface area contributed by atoms with E-state index >= 15 is 0 Å². The van der Waals surface area contributed by atoms with Gasteiger partial charge in [0.25, 0.3) is 0 Å². The van der Waals surface area contributed by atoms with Crippen molar-refractivity contribution in [2.75, 3.05) is 7.11 Å². The highest BCUT2D eigenvalue weighted by atomic mass is 16.5. The van der Waals surface area contributed by atoms with Crippen LogP contribution < -0.4 is 5.32 Å². The molecule has 1 aromatic carbocycles. The first-order valence-electron chi connectivity index (χ1n) is 6.42. The maximum Gasteiger partial charge on any atom is 0.307 e. The standard InChI is InChI=1S/C15H23NO2/c1-11(2)14(10-15(17)18-4)16-12(3)13-8-6-5-7-9-13/h5-9,11-12,14,16H,10H2,1-4H3/t12-,14-/m1/s1. The molecule has 1 aromatic rings. The van der Waals surface area contributed by atoms with Crippen molar-refractivity contribution in [1.82, 2.24) is 5.32 Å². The average Bonchev–Trinajstić information content (AvgIpc) is 2.38. The SMILES string of the molecule is COC(=O)C[C@@H](N[C@H](C)c1ccccc1)C(C)C. The fourth-order valence-corrected chi connectivity index (χ4v) is 1.91. The maximum atomic E-state index is 11.4. The molecule has 0 amide bonds. The molecule has 1 rings (SSSR count). The second-order valence-corrected chi connectivity index (χ2v) is 4.93. The average molecular weight is 249 g/mol. The maximum absolute atomic E-state index is 11.4. The van der Waals surface area contributed by atoms with E-state index in [1.54, 1.807) is 0 Å². The zero-order valence-corrected chi connectivity index (χ0v) is 11.6. The predicted molar refractivity (Wildman–Crippen MR) is 73.3 cm³/mol. The lowest BCUT2D eigenvalue weighted by Gasteiger charge is -2.26. The summed E-state index contributed by atoms with van der Waals surface area (Å²) in [4.78, 5) is 11.4. The van der Waals surface area contributed by atoms with E-state index in [0.29, 0.717) is 12.3 Å². The number of benzene rings is 1. The van der Waals surface area contributed by atoms with Gasteiger partial charge in [0.05, 0.1) is 13.5 Å². The normalized spacial score (nSPS) is 14.3. The van der Waals surface area contributed by atoms with Crippen LogP contribution in [0.25, 0.3) is 0 Å². The molecule has 0 spiro atoms. The smallest absolute Gasteiger partial charge is 0.307 e. The molecule has 0 saturated carbocycles. The Morgan fingerprint density at radius 2 is 1.83 bits per heavy atom. The summed E-state index contributed by atoms with van der Waals surface area (Å²) >= 11 is 0. The van der Waals surface area contributed by atoms with Gasteiger partial charge in [0.15, 0.2) is 0 Å². The highest BCUT2D eigenvalue weighted by Gasteiger charge is 2.20. The van der Waals surface area contributed by atoms with Gasteiger partial charge < -0.3 is 10.1 Å². The van der Waals surface area contributed by atoms with Gasteiger partial charge in [-0.3, -0.25) is 4.79 Å². The molecule has 0 unspecified atom stereocenters. The number of hydrogen-bond acceptors (Lipinski definition) is 3. The van der Waals surface area contributed by atoms with E-state index in [-0.39, 0.29) is 18.1 Å². The topological polar surface area (TPSA) is 38.3 Å². The number of carbonyl (C=O) groups excluding carboxylic acids is 1. The molecule has 0 aliphatic rings. The van der Waals surface area contributed by atoms with Gasteiger partial charge in [-0.1, -0.05) is 44.2 Å². The van der Waals surface area contributed by atoms with Crippen molar-refractivity contribution >= 4 is 5.97 Å². The molecule has 0 saturated heterocycles. The molecule has 100 valence electrons. The van der Waals surface area contributed by atoms with Gasteiger partial charge in [0.2, 0.25) is 0 Å². The first kappa shape index (κ1) is 14.7. The zero-order valence-electron chi connectivity index (χ0n) is 11.6. The summed E-state index contributed by atoms with van der Waals surface area (Å²) in [5, 5.41) is 3.50. The molecule has 3 heteroatoms. The third-order valence-electron chi connectivity index (χ3n) is 3.18. The van der Waals surface area contributed by atoms with Gasteiger partial charge in [0.1, 0.15) is 0 Å². The van der Waals surface area contributed by atoms with Crippen molar-refractivity contribution in [1.29, 1.82) is 0 Å². The number of ether oxygens (including phenoxy) is 1. The minimum atomic E-state index is -0.165. The van der Waals surface area contributed by atoms with Crippen molar-refractivity contribution < 1.29 is 9.53 Å². The number of rotatable bonds is 6. The lowest BCUT2D eigenvalue weighted by molar-refractivity contribution is -0.141. The van der Waals surface area contributed by atoms with Crippen LogP contribution in [-0.4, -0.2) is 19.1 Å². The molecule has 0 aliphatic carbocycles. The molecule has 0 heterocycles. The predicted octanol–water partition coefficient (Wildman–Crippen LogP) is 2.92. The highest BCUT2D eigenvalue weighted by molar-refractivity contribution is 5.69. The van der Waals surface area contributed by atoms with Gasteiger partial charge in [0, 0.05) is 12.1 Å². The van der Waals surface area contributed by atoms with Crippen molar-refractivity contribution in [3.05, 3.63) is 35.9 Å². The Morgan fingerprint density at radius 3 is 2.33 bits per heavy atom. The van der Waals surface area contributed by atoms with E-state index in [9.17, 15) is 4.79 Å². The molecule has 1 N–H and O–H groups in total. The third-order valence-corrected chi connectivity index (χ3v) is 3.18. The molecular weight excluding hydrogens is 226 g/mol. The summed E-state index contributed by atoms with van der Waals surface area (Å²) in [5.74, 6) is 0.219. The number of hydrogen-bond donors (Lipinski definition) is 1. The quantitative estimate of drug-likeness (QED) is 0.788. The molecule has 0 radical (unpaired) electrons. The van der Waals surface area contributed by atoms with Gasteiger partial charge >= 0.3 is 5.97 Å². The summed E-state index contributed by atoms with van der Waals surface area (Å²) in [5.41, 5.74) is 1.23. The van der Waals surface area contributed by atoms with Crippen molar-refractivity contribution in [3.63, 3.8) is 0 Å². The lowest BCUT2D eigenvalue weighted by atomic mass is 9.98. The van der Waals surface area contributed by atoms with Crippen LogP contribution in [0.15, 0.2) is 30.3 Å². The molecule has 18 heavy (non-hydrogen) atoms. The minimum Gasteiger partial charge on any atom is -0.469 e. The van der Waals surface area contributed by atoms with Gasteiger partial charge in [-0.2, -0.15) is 0 Å². The molecule has 3 nitrogen and oxygen atoms in total. The largest absolute Gasteiger partial charge is 0.469 e. The van der Waals surface area contributed by atoms with Gasteiger partial charge in [-0.15, -0.1) is 0 Å². The fourth-order valence-electron chi connectivity index (χ4n) is 1.91. The minimum absolute atomic E-state index is 0.132. The number of esters is 1. The summed E-state index contributed by atoms with van der Waals surface area (Å²) in [6.07, 6.45) is 0.408. The summed E-state index contributed by atoms with van der Waals surface area (Å²) in [6, 6.07) is 10.6. The Bertz CT molecular complexity index is 362. The number of methoxy groups -OCH3 is 1. The van der Waals surface area contributed by atoms with Crippen LogP contribution in [0.1, 0.15) is 38.8 Å². The molecule has 0 aromatic heterocycles. The molecule has 0 fully saturated rings. The summed E-state index contributed by atoms with van der Waals surface area (Å²) < 4.78 is 4.74. The van der Waals surface area contributed by atoms with E-state index in [4.69, 9.17) is 4.74 Å². The van der Waals surface area contributed by atoms with E-state index in [1.807, 2.05) is 18.2 Å². The van der Waals surface area contributed by atoms with Crippen molar-refractivity contribution in [2.24, 2.45) is 5.92 Å². The van der Waals surface area contributed by atoms with E-state index in [1.165, 1.54) is 12.7 Å². The summed E-state index contributed by atoms with van der Waals surface area (Å²) in [7, 11) is 1.43. The molecule has 0 bridgehead atoms. The zero-order chi connectivity index (χ0) is 13.5. The monoisotopic (exact) mass is 249 g/mol. The lowest BCUT2D eigenvalue weighted by Crippen LogP contribution is -2.37. The Morgan fingerprint density at radius 1 is 1.22 bits per heavy atom. The second kappa shape index (κ2) is 7.17. The van der Waals surface area contributed by atoms with Gasteiger partial charge in [-0.25, -0.2) is 0 Å². The Balaban J connectivity index is 2.63. The van der Waals surface area contributed by atoms with Crippen LogP contribution in [0.5, 0.6) is 0 Å². The fraction of sp³-hybridized carbons (Fsp3) is 0.533. The highest BCUT2D eigenvalue weighted by Crippen LogP contribution is 2.16. The van der Waals surface area contributed by atoms with E-state index in [2.05, 4.69) is 38.2 Å². The third kappa shape index (κ3) is 4.49. The Hall–Kier alpha value is -1.35. The molecule has 0 aliphatic heterocycles. The Kier molecular flexibility index (Phi) is 5.86. The van der Waals surface area contributed by atoms with Crippen LogP contribution in [0.2, 0.25) is 0 Å². The van der Waals surface area contributed by atoms with Crippen molar-refractivity contribution in [2.45, 2.75) is 39.3 Å². The second-order valence-electron chi connectivity index (χ2n) is 4.93. The molecular formula is C15H23NO2. The first-order valence-corrected chi connectivity index (χ1v) is 6.42. The van der Waals surface area contributed by atoms with Crippen LogP contribution >= 0.6 is 0 Å². The number of carbonyl (C=O) groups is 1. The number of nitrogens with one attached hydrogen (secondary N) is 1. The van der Waals surface area contributed by atoms with E-state index in [0.717, 1.165) is 0 Å².